The van der Waals surface area contributed by atoms with Crippen molar-refractivity contribution in [1.29, 1.82) is 0 Å². The molecule has 3 aromatic rings. The molecule has 1 amide bonds. The van der Waals surface area contributed by atoms with Crippen LogP contribution in [-0.2, 0) is 0 Å². The first-order valence-electron chi connectivity index (χ1n) is 9.47. The number of pyridine rings is 1. The molecule has 0 aliphatic rings. The van der Waals surface area contributed by atoms with E-state index < -0.39 is 0 Å². The van der Waals surface area contributed by atoms with Crippen LogP contribution in [0.2, 0.25) is 0 Å². The molecule has 0 saturated carbocycles. The number of hydrogen-bond donors (Lipinski definition) is 0. The third-order valence-electron chi connectivity index (χ3n) is 4.77. The highest BCUT2D eigenvalue weighted by Crippen LogP contribution is 2.28. The van der Waals surface area contributed by atoms with Gasteiger partial charge in [-0.2, -0.15) is 5.10 Å². The maximum absolute atomic E-state index is 13.2. The normalized spacial score (nSPS) is 12.0. The Kier molecular flexibility index (Phi) is 6.29. The number of carbonyl (C=O) groups is 1. The molecule has 1 atom stereocenters. The first kappa shape index (κ1) is 20.3. The van der Waals surface area contributed by atoms with Gasteiger partial charge in [0.05, 0.1) is 17.3 Å². The molecule has 0 saturated heterocycles. The van der Waals surface area contributed by atoms with Crippen LogP contribution in [0, 0.1) is 13.8 Å². The molecule has 2 heterocycles. The van der Waals surface area contributed by atoms with Crippen molar-refractivity contribution >= 4 is 21.8 Å². The predicted octanol–water partition coefficient (Wildman–Crippen LogP) is 5.26. The Labute approximate surface area is 174 Å². The summed E-state index contributed by atoms with van der Waals surface area (Å²) in [4.78, 5) is 19.6. The van der Waals surface area contributed by atoms with Crippen molar-refractivity contribution in [2.45, 2.75) is 40.2 Å². The van der Waals surface area contributed by atoms with E-state index in [1.807, 2.05) is 55.1 Å². The van der Waals surface area contributed by atoms with Gasteiger partial charge >= 0.3 is 0 Å². The number of halogens is 1. The van der Waals surface area contributed by atoms with Crippen molar-refractivity contribution in [2.24, 2.45) is 0 Å². The zero-order valence-corrected chi connectivity index (χ0v) is 18.3. The Morgan fingerprint density at radius 3 is 2.54 bits per heavy atom. The molecular formula is C22H25BrN4O. The third kappa shape index (κ3) is 4.17. The van der Waals surface area contributed by atoms with E-state index in [0.717, 1.165) is 27.8 Å². The molecular weight excluding hydrogens is 416 g/mol. The molecule has 0 radical (unpaired) electrons. The highest BCUT2D eigenvalue weighted by molar-refractivity contribution is 9.10. The number of benzene rings is 1. The third-order valence-corrected chi connectivity index (χ3v) is 5.49. The number of hydrogen-bond acceptors (Lipinski definition) is 3. The van der Waals surface area contributed by atoms with Crippen molar-refractivity contribution in [3.8, 4) is 5.82 Å². The predicted molar refractivity (Wildman–Crippen MR) is 115 cm³/mol. The van der Waals surface area contributed by atoms with E-state index in [0.29, 0.717) is 17.9 Å². The molecule has 1 aromatic carbocycles. The van der Waals surface area contributed by atoms with E-state index >= 15 is 0 Å². The standard InChI is InChI=1S/C22H25BrN4O/c1-5-12-26(17(4)19-8-6-7-9-20(19)23)22(28)18-10-11-21(24-14-18)27-16(3)13-15(2)25-27/h6-11,13-14,17H,5,12H2,1-4H3. The molecule has 2 aromatic heterocycles. The molecule has 0 aliphatic carbocycles. The molecule has 0 spiro atoms. The molecule has 0 fully saturated rings. The highest BCUT2D eigenvalue weighted by Gasteiger charge is 2.23. The van der Waals surface area contributed by atoms with E-state index in [1.165, 1.54) is 0 Å². The van der Waals surface area contributed by atoms with Crippen molar-refractivity contribution in [1.82, 2.24) is 19.7 Å². The Bertz CT molecular complexity index is 965. The number of aromatic nitrogens is 3. The Balaban J connectivity index is 1.87. The van der Waals surface area contributed by atoms with E-state index in [4.69, 9.17) is 0 Å². The molecule has 5 nitrogen and oxygen atoms in total. The van der Waals surface area contributed by atoms with Crippen LogP contribution in [-0.4, -0.2) is 32.1 Å². The van der Waals surface area contributed by atoms with E-state index in [9.17, 15) is 4.79 Å². The molecule has 0 bridgehead atoms. The van der Waals surface area contributed by atoms with Gasteiger partial charge in [0.25, 0.3) is 5.91 Å². The second kappa shape index (κ2) is 8.69. The fourth-order valence-corrected chi connectivity index (χ4v) is 3.97. The van der Waals surface area contributed by atoms with Crippen molar-refractivity contribution < 1.29 is 4.79 Å². The maximum atomic E-state index is 13.2. The minimum atomic E-state index is -0.0429. The average Bonchev–Trinajstić information content (AvgIpc) is 3.03. The van der Waals surface area contributed by atoms with Gasteiger partial charge in [0, 0.05) is 22.9 Å². The summed E-state index contributed by atoms with van der Waals surface area (Å²) in [7, 11) is 0. The van der Waals surface area contributed by atoms with Gasteiger partial charge in [0.1, 0.15) is 0 Å². The summed E-state index contributed by atoms with van der Waals surface area (Å²) in [6.45, 7) is 8.76. The summed E-state index contributed by atoms with van der Waals surface area (Å²) >= 11 is 3.61. The van der Waals surface area contributed by atoms with Gasteiger partial charge in [-0.3, -0.25) is 4.79 Å². The Morgan fingerprint density at radius 1 is 1.21 bits per heavy atom. The molecule has 6 heteroatoms. The molecule has 0 aliphatic heterocycles. The number of aryl methyl sites for hydroxylation is 2. The van der Waals surface area contributed by atoms with Crippen LogP contribution in [0.25, 0.3) is 5.82 Å². The van der Waals surface area contributed by atoms with Gasteiger partial charge < -0.3 is 4.90 Å². The fraction of sp³-hybridized carbons (Fsp3) is 0.318. The fourth-order valence-electron chi connectivity index (χ4n) is 3.36. The number of nitrogens with zero attached hydrogens (tertiary/aromatic N) is 4. The van der Waals surface area contributed by atoms with E-state index in [-0.39, 0.29) is 11.9 Å². The van der Waals surface area contributed by atoms with Crippen molar-refractivity contribution in [2.75, 3.05) is 6.54 Å². The van der Waals surface area contributed by atoms with Crippen LogP contribution in [0.3, 0.4) is 0 Å². The summed E-state index contributed by atoms with van der Waals surface area (Å²) in [5.41, 5.74) is 3.63. The molecule has 146 valence electrons. The quantitative estimate of drug-likeness (QED) is 0.524. The first-order chi connectivity index (χ1) is 13.4. The summed E-state index contributed by atoms with van der Waals surface area (Å²) in [6, 6.07) is 13.7. The molecule has 3 rings (SSSR count). The lowest BCUT2D eigenvalue weighted by Gasteiger charge is -2.30. The number of carbonyl (C=O) groups excluding carboxylic acids is 1. The number of rotatable bonds is 6. The molecule has 1 unspecified atom stereocenters. The smallest absolute Gasteiger partial charge is 0.255 e. The van der Waals surface area contributed by atoms with Crippen LogP contribution >= 0.6 is 15.9 Å². The largest absolute Gasteiger partial charge is 0.332 e. The first-order valence-corrected chi connectivity index (χ1v) is 10.3. The van der Waals surface area contributed by atoms with Gasteiger partial charge in [0.2, 0.25) is 0 Å². The zero-order valence-electron chi connectivity index (χ0n) is 16.7. The van der Waals surface area contributed by atoms with E-state index in [2.05, 4.69) is 45.9 Å². The highest BCUT2D eigenvalue weighted by atomic mass is 79.9. The van der Waals surface area contributed by atoms with Gasteiger partial charge in [-0.15, -0.1) is 0 Å². The van der Waals surface area contributed by atoms with Gasteiger partial charge in [-0.25, -0.2) is 9.67 Å². The van der Waals surface area contributed by atoms with Crippen LogP contribution < -0.4 is 0 Å². The lowest BCUT2D eigenvalue weighted by atomic mass is 10.1. The maximum Gasteiger partial charge on any atom is 0.255 e. The summed E-state index contributed by atoms with van der Waals surface area (Å²) in [5.74, 6) is 0.695. The average molecular weight is 441 g/mol. The summed E-state index contributed by atoms with van der Waals surface area (Å²) < 4.78 is 2.80. The van der Waals surface area contributed by atoms with Crippen LogP contribution in [0.1, 0.15) is 53.6 Å². The van der Waals surface area contributed by atoms with Gasteiger partial charge in [-0.1, -0.05) is 41.1 Å². The van der Waals surface area contributed by atoms with Crippen molar-refractivity contribution in [3.05, 3.63) is 75.6 Å². The second-order valence-corrected chi connectivity index (χ2v) is 7.79. The molecule has 28 heavy (non-hydrogen) atoms. The Hall–Kier alpha value is -2.47. The van der Waals surface area contributed by atoms with E-state index in [1.54, 1.807) is 10.9 Å². The van der Waals surface area contributed by atoms with Crippen LogP contribution in [0.5, 0.6) is 0 Å². The van der Waals surface area contributed by atoms with Crippen LogP contribution in [0.15, 0.2) is 53.1 Å². The minimum Gasteiger partial charge on any atom is -0.332 e. The van der Waals surface area contributed by atoms with Crippen LogP contribution in [0.4, 0.5) is 0 Å². The Morgan fingerprint density at radius 2 is 1.96 bits per heavy atom. The number of amides is 1. The second-order valence-electron chi connectivity index (χ2n) is 6.94. The summed E-state index contributed by atoms with van der Waals surface area (Å²) in [5, 5.41) is 4.45. The van der Waals surface area contributed by atoms with Crippen molar-refractivity contribution in [3.63, 3.8) is 0 Å². The summed E-state index contributed by atoms with van der Waals surface area (Å²) in [6.07, 6.45) is 2.53. The van der Waals surface area contributed by atoms with Gasteiger partial charge in [-0.05, 0) is 57.0 Å². The zero-order chi connectivity index (χ0) is 20.3. The lowest BCUT2D eigenvalue weighted by Crippen LogP contribution is -2.34. The lowest BCUT2D eigenvalue weighted by molar-refractivity contribution is 0.0689. The van der Waals surface area contributed by atoms with Gasteiger partial charge in [0.15, 0.2) is 5.82 Å². The topological polar surface area (TPSA) is 51.0 Å². The SMILES string of the molecule is CCCN(C(=O)c1ccc(-n2nc(C)cc2C)nc1)C(C)c1ccccc1Br. The monoisotopic (exact) mass is 440 g/mol. The molecule has 0 N–H and O–H groups in total. The minimum absolute atomic E-state index is 0.0162.